The number of nitrogens with zero attached hydrogens (tertiary/aromatic N) is 3. The van der Waals surface area contributed by atoms with Crippen molar-refractivity contribution < 1.29 is 13.2 Å². The van der Waals surface area contributed by atoms with E-state index in [-0.39, 0.29) is 21.0 Å². The van der Waals surface area contributed by atoms with Gasteiger partial charge < -0.3 is 0 Å². The molecule has 0 saturated carbocycles. The number of aromatic nitrogens is 3. The summed E-state index contributed by atoms with van der Waals surface area (Å²) in [5.74, 6) is 0.110. The molecule has 2 heterocycles. The molecule has 0 aliphatic rings. The standard InChI is InChI=1S/C8H2Cl2F3N3S/c9-4-1-3(8(11,12)13)2-14-5(4)6-15-7(10)17-16-6/h1-2H. The van der Waals surface area contributed by atoms with Crippen LogP contribution in [0.15, 0.2) is 12.3 Å². The zero-order valence-corrected chi connectivity index (χ0v) is 10.1. The van der Waals surface area contributed by atoms with Crippen molar-refractivity contribution in [2.75, 3.05) is 0 Å². The predicted octanol–water partition coefficient (Wildman–Crippen LogP) is 3.93. The second kappa shape index (κ2) is 4.40. The summed E-state index contributed by atoms with van der Waals surface area (Å²) in [5.41, 5.74) is -0.851. The van der Waals surface area contributed by atoms with Gasteiger partial charge in [0, 0.05) is 6.20 Å². The third-order valence-electron chi connectivity index (χ3n) is 1.78. The summed E-state index contributed by atoms with van der Waals surface area (Å²) in [6, 6.07) is 0.777. The molecule has 0 bridgehead atoms. The van der Waals surface area contributed by atoms with E-state index in [0.717, 1.165) is 17.6 Å². The van der Waals surface area contributed by atoms with E-state index < -0.39 is 11.7 Å². The monoisotopic (exact) mass is 299 g/mol. The van der Waals surface area contributed by atoms with Crippen LogP contribution < -0.4 is 0 Å². The zero-order valence-electron chi connectivity index (χ0n) is 7.79. The Morgan fingerprint density at radius 3 is 2.41 bits per heavy atom. The molecule has 0 saturated heterocycles. The molecule has 3 nitrogen and oxygen atoms in total. The van der Waals surface area contributed by atoms with E-state index in [1.165, 1.54) is 0 Å². The van der Waals surface area contributed by atoms with Gasteiger partial charge in [0.15, 0.2) is 5.82 Å². The molecule has 0 unspecified atom stereocenters. The summed E-state index contributed by atoms with van der Waals surface area (Å²) in [6.07, 6.45) is -3.81. The zero-order chi connectivity index (χ0) is 12.6. The first-order valence-electron chi connectivity index (χ1n) is 4.10. The molecule has 0 atom stereocenters. The summed E-state index contributed by atoms with van der Waals surface area (Å²) in [6.45, 7) is 0. The first-order valence-corrected chi connectivity index (χ1v) is 5.63. The van der Waals surface area contributed by atoms with E-state index >= 15 is 0 Å². The normalized spacial score (nSPS) is 11.8. The first-order chi connectivity index (χ1) is 7.88. The molecular weight excluding hydrogens is 298 g/mol. The lowest BCUT2D eigenvalue weighted by Crippen LogP contribution is -2.06. The Balaban J connectivity index is 2.45. The molecule has 0 amide bonds. The fourth-order valence-electron chi connectivity index (χ4n) is 1.06. The lowest BCUT2D eigenvalue weighted by atomic mass is 10.2. The van der Waals surface area contributed by atoms with Crippen molar-refractivity contribution in [1.29, 1.82) is 0 Å². The molecular formula is C8H2Cl2F3N3S. The van der Waals surface area contributed by atoms with Gasteiger partial charge in [-0.15, -0.1) is 0 Å². The molecule has 0 fully saturated rings. The van der Waals surface area contributed by atoms with Gasteiger partial charge >= 0.3 is 6.18 Å². The molecule has 0 N–H and O–H groups in total. The van der Waals surface area contributed by atoms with Crippen LogP contribution in [0.2, 0.25) is 9.49 Å². The maximum absolute atomic E-state index is 12.4. The molecule has 0 aliphatic heterocycles. The fraction of sp³-hybridized carbons (Fsp3) is 0.125. The van der Waals surface area contributed by atoms with E-state index in [0.29, 0.717) is 6.20 Å². The lowest BCUT2D eigenvalue weighted by molar-refractivity contribution is -0.137. The van der Waals surface area contributed by atoms with Crippen LogP contribution in [0.4, 0.5) is 13.2 Å². The van der Waals surface area contributed by atoms with Crippen LogP contribution in [0.1, 0.15) is 5.56 Å². The van der Waals surface area contributed by atoms with Crippen molar-refractivity contribution in [3.8, 4) is 11.5 Å². The van der Waals surface area contributed by atoms with E-state index in [1.54, 1.807) is 0 Å². The fourth-order valence-corrected chi connectivity index (χ4v) is 1.91. The van der Waals surface area contributed by atoms with E-state index in [1.807, 2.05) is 0 Å². The summed E-state index contributed by atoms with van der Waals surface area (Å²) < 4.78 is 41.0. The molecule has 0 aliphatic carbocycles. The van der Waals surface area contributed by atoms with Crippen molar-refractivity contribution in [2.45, 2.75) is 6.18 Å². The molecule has 0 aromatic carbocycles. The van der Waals surface area contributed by atoms with Gasteiger partial charge in [-0.25, -0.2) is 4.98 Å². The molecule has 9 heteroatoms. The molecule has 17 heavy (non-hydrogen) atoms. The number of hydrogen-bond donors (Lipinski definition) is 0. The second-order valence-corrected chi connectivity index (χ2v) is 4.66. The van der Waals surface area contributed by atoms with Crippen LogP contribution in [0.5, 0.6) is 0 Å². The van der Waals surface area contributed by atoms with Gasteiger partial charge in [-0.2, -0.15) is 17.5 Å². The van der Waals surface area contributed by atoms with Crippen LogP contribution >= 0.6 is 34.7 Å². The highest BCUT2D eigenvalue weighted by Crippen LogP contribution is 2.33. The largest absolute Gasteiger partial charge is 0.417 e. The van der Waals surface area contributed by atoms with Gasteiger partial charge in [0.2, 0.25) is 4.47 Å². The average Bonchev–Trinajstić information content (AvgIpc) is 2.63. The van der Waals surface area contributed by atoms with Gasteiger partial charge in [0.25, 0.3) is 0 Å². The Kier molecular flexibility index (Phi) is 3.24. The van der Waals surface area contributed by atoms with Gasteiger partial charge in [-0.05, 0) is 29.2 Å². The van der Waals surface area contributed by atoms with Crippen LogP contribution in [0, 0.1) is 0 Å². The Labute approximate surface area is 107 Å². The van der Waals surface area contributed by atoms with E-state index in [2.05, 4.69) is 14.3 Å². The quantitative estimate of drug-likeness (QED) is 0.801. The van der Waals surface area contributed by atoms with Crippen LogP contribution in [-0.2, 0) is 6.18 Å². The third kappa shape index (κ3) is 2.67. The maximum Gasteiger partial charge on any atom is 0.417 e. The lowest BCUT2D eigenvalue weighted by Gasteiger charge is -2.07. The van der Waals surface area contributed by atoms with Crippen molar-refractivity contribution in [2.24, 2.45) is 0 Å². The van der Waals surface area contributed by atoms with E-state index in [4.69, 9.17) is 23.2 Å². The number of hydrogen-bond acceptors (Lipinski definition) is 4. The highest BCUT2D eigenvalue weighted by molar-refractivity contribution is 7.10. The van der Waals surface area contributed by atoms with Crippen LogP contribution in [0.3, 0.4) is 0 Å². The van der Waals surface area contributed by atoms with Crippen molar-refractivity contribution in [1.82, 2.24) is 14.3 Å². The topological polar surface area (TPSA) is 38.7 Å². The highest BCUT2D eigenvalue weighted by atomic mass is 35.5. The average molecular weight is 300 g/mol. The van der Waals surface area contributed by atoms with Gasteiger partial charge in [-0.3, -0.25) is 4.98 Å². The minimum atomic E-state index is -4.48. The Hall–Kier alpha value is -0.920. The van der Waals surface area contributed by atoms with E-state index in [9.17, 15) is 13.2 Å². The van der Waals surface area contributed by atoms with Crippen molar-refractivity contribution in [3.63, 3.8) is 0 Å². The molecule has 0 spiro atoms. The third-order valence-corrected chi connectivity index (χ3v) is 2.87. The number of pyridine rings is 1. The number of halogens is 5. The number of alkyl halides is 3. The summed E-state index contributed by atoms with van der Waals surface area (Å²) in [7, 11) is 0. The Bertz CT molecular complexity index is 555. The SMILES string of the molecule is FC(F)(F)c1cnc(-c2nsc(Cl)n2)c(Cl)c1. The highest BCUT2D eigenvalue weighted by Gasteiger charge is 2.31. The molecule has 2 rings (SSSR count). The number of rotatable bonds is 1. The van der Waals surface area contributed by atoms with Crippen LogP contribution in [-0.4, -0.2) is 14.3 Å². The van der Waals surface area contributed by atoms with Gasteiger partial charge in [-0.1, -0.05) is 11.6 Å². The second-order valence-electron chi connectivity index (χ2n) is 2.92. The van der Waals surface area contributed by atoms with Crippen molar-refractivity contribution >= 4 is 34.7 Å². The summed E-state index contributed by atoms with van der Waals surface area (Å²) in [4.78, 5) is 7.38. The molecule has 2 aromatic rings. The van der Waals surface area contributed by atoms with Gasteiger partial charge in [0.1, 0.15) is 5.69 Å². The Morgan fingerprint density at radius 2 is 1.94 bits per heavy atom. The minimum Gasteiger partial charge on any atom is -0.251 e. The van der Waals surface area contributed by atoms with Crippen LogP contribution in [0.25, 0.3) is 11.5 Å². The summed E-state index contributed by atoms with van der Waals surface area (Å²) >= 11 is 12.2. The first kappa shape index (κ1) is 12.5. The summed E-state index contributed by atoms with van der Waals surface area (Å²) in [5, 5.41) is -0.172. The molecule has 0 radical (unpaired) electrons. The predicted molar refractivity (Wildman–Crippen MR) is 58.2 cm³/mol. The van der Waals surface area contributed by atoms with Crippen molar-refractivity contribution in [3.05, 3.63) is 27.3 Å². The van der Waals surface area contributed by atoms with Gasteiger partial charge in [0.05, 0.1) is 10.6 Å². The molecule has 2 aromatic heterocycles. The maximum atomic E-state index is 12.4. The molecule has 90 valence electrons. The minimum absolute atomic E-state index is 0.0721. The Morgan fingerprint density at radius 1 is 1.24 bits per heavy atom. The smallest absolute Gasteiger partial charge is 0.251 e.